The Morgan fingerprint density at radius 3 is 2.87 bits per heavy atom. The van der Waals surface area contributed by atoms with Crippen molar-refractivity contribution < 1.29 is 4.74 Å². The summed E-state index contributed by atoms with van der Waals surface area (Å²) in [6.45, 7) is 2.52. The highest BCUT2D eigenvalue weighted by atomic mass is 35.5. The van der Waals surface area contributed by atoms with E-state index in [0.29, 0.717) is 6.61 Å². The maximum absolute atomic E-state index is 5.98. The Balaban J connectivity index is 2.76. The van der Waals surface area contributed by atoms with Crippen LogP contribution in [0.25, 0.3) is 0 Å². The monoisotopic (exact) mass is 225 g/mol. The highest BCUT2D eigenvalue weighted by Gasteiger charge is 2.08. The summed E-state index contributed by atoms with van der Waals surface area (Å²) < 4.78 is 5.55. The van der Waals surface area contributed by atoms with Gasteiger partial charge in [-0.2, -0.15) is 0 Å². The van der Waals surface area contributed by atoms with Crippen LogP contribution in [0, 0.1) is 0 Å². The Morgan fingerprint density at radius 1 is 1.47 bits per heavy atom. The van der Waals surface area contributed by atoms with Crippen molar-refractivity contribution in [3.8, 4) is 5.75 Å². The van der Waals surface area contributed by atoms with Gasteiger partial charge in [-0.25, -0.2) is 0 Å². The summed E-state index contributed by atoms with van der Waals surface area (Å²) in [6, 6.07) is 7.85. The number of para-hydroxylation sites is 1. The fraction of sp³-hybridized carbons (Fsp3) is 0.333. The van der Waals surface area contributed by atoms with Crippen LogP contribution in [0.2, 0.25) is 0 Å². The van der Waals surface area contributed by atoms with Crippen molar-refractivity contribution in [2.45, 2.75) is 19.4 Å². The number of halogens is 1. The van der Waals surface area contributed by atoms with Crippen molar-refractivity contribution in [1.29, 1.82) is 0 Å². The van der Waals surface area contributed by atoms with E-state index in [-0.39, 0.29) is 6.04 Å². The second kappa shape index (κ2) is 6.49. The average molecular weight is 226 g/mol. The lowest BCUT2D eigenvalue weighted by Crippen LogP contribution is -2.10. The third-order valence-electron chi connectivity index (χ3n) is 2.18. The maximum Gasteiger partial charge on any atom is 0.124 e. The van der Waals surface area contributed by atoms with Gasteiger partial charge in [0, 0.05) is 17.1 Å². The first kappa shape index (κ1) is 12.1. The zero-order valence-corrected chi connectivity index (χ0v) is 9.58. The van der Waals surface area contributed by atoms with Gasteiger partial charge < -0.3 is 10.5 Å². The smallest absolute Gasteiger partial charge is 0.124 e. The van der Waals surface area contributed by atoms with E-state index < -0.39 is 0 Å². The molecule has 0 saturated carbocycles. The van der Waals surface area contributed by atoms with Crippen LogP contribution >= 0.6 is 11.6 Å². The number of ether oxygens (including phenoxy) is 1. The number of hydrogen-bond donors (Lipinski definition) is 1. The Morgan fingerprint density at radius 2 is 2.20 bits per heavy atom. The zero-order valence-electron chi connectivity index (χ0n) is 8.82. The van der Waals surface area contributed by atoms with Gasteiger partial charge in [-0.3, -0.25) is 0 Å². The molecule has 0 aliphatic heterocycles. The number of nitrogens with two attached hydrogens (primary N) is 1. The maximum atomic E-state index is 5.98. The van der Waals surface area contributed by atoms with Crippen LogP contribution < -0.4 is 10.5 Å². The minimum absolute atomic E-state index is 0.0289. The van der Waals surface area contributed by atoms with Crippen molar-refractivity contribution in [3.63, 3.8) is 0 Å². The molecule has 0 amide bonds. The molecule has 0 aromatic heterocycles. The molecular weight excluding hydrogens is 210 g/mol. The third kappa shape index (κ3) is 3.57. The van der Waals surface area contributed by atoms with E-state index in [1.807, 2.05) is 24.3 Å². The van der Waals surface area contributed by atoms with Gasteiger partial charge in [-0.05, 0) is 18.6 Å². The van der Waals surface area contributed by atoms with Crippen LogP contribution in [0.1, 0.15) is 24.9 Å². The molecule has 2 nitrogen and oxygen atoms in total. The molecule has 0 unspecified atom stereocenters. The Bertz CT molecular complexity index is 325. The van der Waals surface area contributed by atoms with Gasteiger partial charge in [0.05, 0.1) is 0 Å². The van der Waals surface area contributed by atoms with E-state index in [1.165, 1.54) is 5.54 Å². The highest BCUT2D eigenvalue weighted by Crippen LogP contribution is 2.25. The first-order valence-corrected chi connectivity index (χ1v) is 5.45. The minimum atomic E-state index is 0.0289. The second-order valence-electron chi connectivity index (χ2n) is 3.23. The summed E-state index contributed by atoms with van der Waals surface area (Å²) in [5.41, 5.74) is 8.47. The normalized spacial score (nSPS) is 13.0. The molecule has 2 N–H and O–H groups in total. The van der Waals surface area contributed by atoms with Crippen LogP contribution in [-0.2, 0) is 0 Å². The van der Waals surface area contributed by atoms with Crippen molar-refractivity contribution in [3.05, 3.63) is 41.4 Å². The predicted octanol–water partition coefficient (Wildman–Crippen LogP) is 3.23. The molecule has 3 heteroatoms. The molecule has 0 aliphatic carbocycles. The van der Waals surface area contributed by atoms with Crippen LogP contribution in [0.15, 0.2) is 35.9 Å². The summed E-state index contributed by atoms with van der Waals surface area (Å²) in [6.07, 6.45) is 2.64. The molecule has 1 atom stereocenters. The molecule has 0 aliphatic rings. The second-order valence-corrected chi connectivity index (χ2v) is 3.48. The molecule has 1 aromatic rings. The van der Waals surface area contributed by atoms with Crippen molar-refractivity contribution in [2.75, 3.05) is 6.61 Å². The SMILES string of the molecule is CC[C@@H](N)c1ccccc1OCC=CCl. The van der Waals surface area contributed by atoms with Crippen LogP contribution in [-0.4, -0.2) is 6.61 Å². The molecule has 0 spiro atoms. The van der Waals surface area contributed by atoms with E-state index in [2.05, 4.69) is 6.92 Å². The first-order chi connectivity index (χ1) is 7.29. The van der Waals surface area contributed by atoms with Gasteiger partial charge in [-0.1, -0.05) is 36.7 Å². The van der Waals surface area contributed by atoms with E-state index >= 15 is 0 Å². The number of hydrogen-bond acceptors (Lipinski definition) is 2. The minimum Gasteiger partial charge on any atom is -0.489 e. The summed E-state index contributed by atoms with van der Waals surface area (Å²) in [4.78, 5) is 0. The van der Waals surface area contributed by atoms with E-state index in [4.69, 9.17) is 22.1 Å². The molecule has 1 rings (SSSR count). The van der Waals surface area contributed by atoms with Gasteiger partial charge in [0.1, 0.15) is 12.4 Å². The van der Waals surface area contributed by atoms with E-state index in [9.17, 15) is 0 Å². The molecule has 82 valence electrons. The molecular formula is C12H16ClNO. The number of rotatable bonds is 5. The van der Waals surface area contributed by atoms with Gasteiger partial charge in [0.2, 0.25) is 0 Å². The third-order valence-corrected chi connectivity index (χ3v) is 2.36. The molecule has 0 fully saturated rings. The summed E-state index contributed by atoms with van der Waals surface area (Å²) >= 11 is 5.41. The van der Waals surface area contributed by atoms with Gasteiger partial charge in [0.15, 0.2) is 0 Å². The molecule has 0 radical (unpaired) electrons. The van der Waals surface area contributed by atoms with Gasteiger partial charge >= 0.3 is 0 Å². The van der Waals surface area contributed by atoms with E-state index in [0.717, 1.165) is 17.7 Å². The molecule has 0 bridgehead atoms. The average Bonchev–Trinajstić information content (AvgIpc) is 2.29. The topological polar surface area (TPSA) is 35.2 Å². The first-order valence-electron chi connectivity index (χ1n) is 5.02. The quantitative estimate of drug-likeness (QED) is 0.835. The lowest BCUT2D eigenvalue weighted by atomic mass is 10.0. The summed E-state index contributed by atoms with van der Waals surface area (Å²) in [7, 11) is 0. The lowest BCUT2D eigenvalue weighted by Gasteiger charge is -2.14. The van der Waals surface area contributed by atoms with Gasteiger partial charge in [0.25, 0.3) is 0 Å². The van der Waals surface area contributed by atoms with Crippen molar-refractivity contribution in [1.82, 2.24) is 0 Å². The fourth-order valence-corrected chi connectivity index (χ4v) is 1.39. The Hall–Kier alpha value is -0.990. The van der Waals surface area contributed by atoms with Crippen molar-refractivity contribution in [2.24, 2.45) is 5.73 Å². The van der Waals surface area contributed by atoms with Gasteiger partial charge in [-0.15, -0.1) is 0 Å². The largest absolute Gasteiger partial charge is 0.489 e. The number of benzene rings is 1. The standard InChI is InChI=1S/C12H16ClNO/c1-2-11(14)10-6-3-4-7-12(10)15-9-5-8-13/h3-8,11H,2,9,14H2,1H3/t11-/m1/s1. The predicted molar refractivity (Wildman–Crippen MR) is 64.1 cm³/mol. The van der Waals surface area contributed by atoms with E-state index in [1.54, 1.807) is 6.08 Å². The molecule has 0 saturated heterocycles. The van der Waals surface area contributed by atoms with Crippen LogP contribution in [0.3, 0.4) is 0 Å². The highest BCUT2D eigenvalue weighted by molar-refractivity contribution is 6.25. The van der Waals surface area contributed by atoms with Crippen molar-refractivity contribution >= 4 is 11.6 Å². The lowest BCUT2D eigenvalue weighted by molar-refractivity contribution is 0.356. The van der Waals surface area contributed by atoms with Crippen LogP contribution in [0.5, 0.6) is 5.75 Å². The zero-order chi connectivity index (χ0) is 11.1. The van der Waals surface area contributed by atoms with Crippen LogP contribution in [0.4, 0.5) is 0 Å². The fourth-order valence-electron chi connectivity index (χ4n) is 1.31. The Labute approximate surface area is 95.7 Å². The molecule has 15 heavy (non-hydrogen) atoms. The summed E-state index contributed by atoms with van der Waals surface area (Å²) in [5.74, 6) is 0.835. The molecule has 0 heterocycles. The summed E-state index contributed by atoms with van der Waals surface area (Å²) in [5, 5.41) is 0. The molecule has 1 aromatic carbocycles. The Kier molecular flexibility index (Phi) is 5.22.